The molecule has 200 valence electrons. The van der Waals surface area contributed by atoms with Crippen LogP contribution in [0.3, 0.4) is 0 Å². The lowest BCUT2D eigenvalue weighted by Gasteiger charge is -2.22. The zero-order valence-electron chi connectivity index (χ0n) is 23.1. The lowest BCUT2D eigenvalue weighted by atomic mass is 10.1. The molecule has 7 heteroatoms. The molecule has 1 aromatic carbocycles. The first kappa shape index (κ1) is 28.5. The second kappa shape index (κ2) is 13.4. The van der Waals surface area contributed by atoms with Gasteiger partial charge in [0.1, 0.15) is 0 Å². The number of para-hydroxylation sites is 1. The number of hydrogen-bond donors (Lipinski definition) is 4. The first-order valence-electron chi connectivity index (χ1n) is 12.9. The van der Waals surface area contributed by atoms with E-state index in [1.165, 1.54) is 11.5 Å². The van der Waals surface area contributed by atoms with Crippen molar-refractivity contribution in [3.05, 3.63) is 97.1 Å². The predicted octanol–water partition coefficient (Wildman–Crippen LogP) is 5.55. The number of amides is 1. The van der Waals surface area contributed by atoms with Crippen molar-refractivity contribution in [1.82, 2.24) is 25.5 Å². The minimum absolute atomic E-state index is 0.166. The van der Waals surface area contributed by atoms with Crippen LogP contribution >= 0.6 is 0 Å². The van der Waals surface area contributed by atoms with Crippen molar-refractivity contribution in [1.29, 1.82) is 0 Å². The van der Waals surface area contributed by atoms with E-state index in [2.05, 4.69) is 84.1 Å². The summed E-state index contributed by atoms with van der Waals surface area (Å²) in [5.41, 5.74) is 6.33. The molecule has 0 aliphatic heterocycles. The number of carbonyl (C=O) groups is 1. The molecule has 4 N–H and O–H groups in total. The molecule has 3 rings (SSSR count). The number of rotatable bonds is 13. The van der Waals surface area contributed by atoms with Gasteiger partial charge in [-0.25, -0.2) is 0 Å². The van der Waals surface area contributed by atoms with Crippen LogP contribution in [-0.4, -0.2) is 53.5 Å². The number of hydrogen-bond acceptors (Lipinski definition) is 5. The topological polar surface area (TPSA) is 85.1 Å². The van der Waals surface area contributed by atoms with Crippen LogP contribution in [0.5, 0.6) is 0 Å². The van der Waals surface area contributed by atoms with Gasteiger partial charge in [0, 0.05) is 41.6 Å². The minimum atomic E-state index is -0.179. The number of nitrogens with one attached hydrogen (secondary N) is 4. The van der Waals surface area contributed by atoms with Gasteiger partial charge in [-0.3, -0.25) is 9.78 Å². The monoisotopic (exact) mass is 512 g/mol. The fourth-order valence-corrected chi connectivity index (χ4v) is 4.20. The van der Waals surface area contributed by atoms with Crippen LogP contribution in [0.25, 0.3) is 22.2 Å². The number of fused-ring (bicyclic) bond motifs is 1. The largest absolute Gasteiger partial charge is 0.383 e. The number of aromatic nitrogens is 2. The molecule has 2 aromatic heterocycles. The van der Waals surface area contributed by atoms with Crippen molar-refractivity contribution < 1.29 is 4.79 Å². The lowest BCUT2D eigenvalue weighted by Crippen LogP contribution is -2.34. The second-order valence-electron chi connectivity index (χ2n) is 10.0. The number of allylic oxidation sites excluding steroid dienone is 2. The van der Waals surface area contributed by atoms with E-state index in [-0.39, 0.29) is 18.0 Å². The Morgan fingerprint density at radius 1 is 1.11 bits per heavy atom. The van der Waals surface area contributed by atoms with Crippen molar-refractivity contribution in [2.45, 2.75) is 39.3 Å². The molecule has 38 heavy (non-hydrogen) atoms. The normalized spacial score (nSPS) is 13.5. The molecule has 0 bridgehead atoms. The molecule has 0 saturated heterocycles. The molecule has 0 radical (unpaired) electrons. The molecular formula is C31H40N6O. The molecule has 2 heterocycles. The molecule has 3 aromatic rings. The second-order valence-corrected chi connectivity index (χ2v) is 10.0. The Bertz CT molecular complexity index is 1280. The van der Waals surface area contributed by atoms with E-state index in [1.807, 2.05) is 49.3 Å². The fourth-order valence-electron chi connectivity index (χ4n) is 4.20. The van der Waals surface area contributed by atoms with Crippen molar-refractivity contribution in [2.75, 3.05) is 26.0 Å². The Morgan fingerprint density at radius 2 is 1.84 bits per heavy atom. The highest BCUT2D eigenvalue weighted by atomic mass is 16.1. The van der Waals surface area contributed by atoms with Gasteiger partial charge in [0.25, 0.3) is 0 Å². The van der Waals surface area contributed by atoms with Gasteiger partial charge in [-0.05, 0) is 82.6 Å². The van der Waals surface area contributed by atoms with E-state index < -0.39 is 0 Å². The molecule has 0 aliphatic carbocycles. The van der Waals surface area contributed by atoms with E-state index in [0.717, 1.165) is 40.3 Å². The van der Waals surface area contributed by atoms with Crippen molar-refractivity contribution >= 4 is 33.8 Å². The number of carbonyl (C=O) groups excluding carboxylic acids is 1. The predicted molar refractivity (Wildman–Crippen MR) is 160 cm³/mol. The van der Waals surface area contributed by atoms with Crippen LogP contribution in [0.2, 0.25) is 0 Å². The summed E-state index contributed by atoms with van der Waals surface area (Å²) >= 11 is 0. The summed E-state index contributed by atoms with van der Waals surface area (Å²) in [6, 6.07) is 14.5. The molecule has 0 saturated carbocycles. The Kier molecular flexibility index (Phi) is 10.1. The summed E-state index contributed by atoms with van der Waals surface area (Å²) in [6.07, 6.45) is 7.92. The van der Waals surface area contributed by atoms with E-state index >= 15 is 0 Å². The number of anilines is 1. The summed E-state index contributed by atoms with van der Waals surface area (Å²) in [5, 5.41) is 10.9. The molecule has 0 spiro atoms. The van der Waals surface area contributed by atoms with Gasteiger partial charge in [-0.2, -0.15) is 0 Å². The zero-order valence-corrected chi connectivity index (χ0v) is 23.1. The summed E-state index contributed by atoms with van der Waals surface area (Å²) < 4.78 is 0. The number of nitrogens with zero attached hydrogens (tertiary/aromatic N) is 2. The maximum Gasteiger partial charge on any atom is 0.248 e. The Hall–Kier alpha value is -4.10. The summed E-state index contributed by atoms with van der Waals surface area (Å²) in [5.74, 6) is -0.179. The standard InChI is InChI=1S/C31H40N6O/c1-21(30-19-26-11-8-9-12-29(26)36-30)17-22(2)33-23(3)18-24(4)34-25(5)28-15-14-27(20-32-28)35-31(38)13-10-16-37(6)7/h8-15,17,19-20,23-24,33-34,36H,2,5,16,18H2,1,3-4,6-7H3,(H,35,38)/b13-10+,21-17+. The summed E-state index contributed by atoms with van der Waals surface area (Å²) in [4.78, 5) is 21.9. The van der Waals surface area contributed by atoms with Crippen LogP contribution in [0.1, 0.15) is 38.6 Å². The van der Waals surface area contributed by atoms with E-state index in [9.17, 15) is 4.79 Å². The molecule has 7 nitrogen and oxygen atoms in total. The van der Waals surface area contributed by atoms with Crippen molar-refractivity contribution in [2.24, 2.45) is 0 Å². The lowest BCUT2D eigenvalue weighted by molar-refractivity contribution is -0.111. The Labute approximate surface area is 226 Å². The highest BCUT2D eigenvalue weighted by molar-refractivity contribution is 5.99. The molecular weight excluding hydrogens is 472 g/mol. The number of likely N-dealkylation sites (N-methyl/N-ethyl adjacent to an activating group) is 1. The van der Waals surface area contributed by atoms with Crippen LogP contribution < -0.4 is 16.0 Å². The first-order valence-corrected chi connectivity index (χ1v) is 12.9. The van der Waals surface area contributed by atoms with Gasteiger partial charge in [0.2, 0.25) is 5.91 Å². The van der Waals surface area contributed by atoms with Crippen LogP contribution in [0.4, 0.5) is 5.69 Å². The van der Waals surface area contributed by atoms with Gasteiger partial charge in [0.05, 0.1) is 23.3 Å². The van der Waals surface area contributed by atoms with Gasteiger partial charge in [0.15, 0.2) is 0 Å². The van der Waals surface area contributed by atoms with Crippen molar-refractivity contribution in [3.63, 3.8) is 0 Å². The van der Waals surface area contributed by atoms with Gasteiger partial charge >= 0.3 is 0 Å². The van der Waals surface area contributed by atoms with Crippen LogP contribution in [0, 0.1) is 0 Å². The average Bonchev–Trinajstić information content (AvgIpc) is 3.28. The van der Waals surface area contributed by atoms with Crippen LogP contribution in [-0.2, 0) is 4.79 Å². The van der Waals surface area contributed by atoms with E-state index in [0.29, 0.717) is 12.2 Å². The van der Waals surface area contributed by atoms with Gasteiger partial charge < -0.3 is 25.8 Å². The Morgan fingerprint density at radius 3 is 2.53 bits per heavy atom. The minimum Gasteiger partial charge on any atom is -0.383 e. The SMILES string of the molecule is C=C(/C=C(\C)c1cc2ccccc2[nH]1)NC(C)CC(C)NC(=C)c1ccc(NC(=O)/C=C/CN(C)C)cn1. The van der Waals surface area contributed by atoms with Crippen LogP contribution in [0.15, 0.2) is 85.7 Å². The summed E-state index contributed by atoms with van der Waals surface area (Å²) in [6.45, 7) is 15.4. The zero-order chi connectivity index (χ0) is 27.7. The highest BCUT2D eigenvalue weighted by Gasteiger charge is 2.11. The first-order chi connectivity index (χ1) is 18.1. The summed E-state index contributed by atoms with van der Waals surface area (Å²) in [7, 11) is 3.90. The quantitative estimate of drug-likeness (QED) is 0.178. The number of H-pyrrole nitrogens is 1. The smallest absolute Gasteiger partial charge is 0.248 e. The molecule has 2 unspecified atom stereocenters. The number of benzene rings is 1. The number of pyridine rings is 1. The maximum absolute atomic E-state index is 12.0. The molecule has 0 aliphatic rings. The third kappa shape index (κ3) is 8.78. The van der Waals surface area contributed by atoms with Crippen molar-refractivity contribution in [3.8, 4) is 0 Å². The third-order valence-corrected chi connectivity index (χ3v) is 5.99. The average molecular weight is 513 g/mol. The van der Waals surface area contributed by atoms with Gasteiger partial charge in [-0.1, -0.05) is 37.4 Å². The Balaban J connectivity index is 1.46. The third-order valence-electron chi connectivity index (χ3n) is 5.99. The maximum atomic E-state index is 12.0. The van der Waals surface area contributed by atoms with E-state index in [1.54, 1.807) is 6.20 Å². The van der Waals surface area contributed by atoms with E-state index in [4.69, 9.17) is 0 Å². The fraction of sp³-hybridized carbons (Fsp3) is 0.290. The highest BCUT2D eigenvalue weighted by Crippen LogP contribution is 2.21. The molecule has 1 amide bonds. The number of aromatic amines is 1. The molecule has 0 fully saturated rings. The van der Waals surface area contributed by atoms with Gasteiger partial charge in [-0.15, -0.1) is 0 Å². The molecule has 2 atom stereocenters.